The molecule has 70 valence electrons. The number of aldehydes is 1. The Bertz CT molecular complexity index is 326. The molecule has 0 saturated heterocycles. The van der Waals surface area contributed by atoms with Crippen molar-refractivity contribution in [3.05, 3.63) is 29.1 Å². The number of methoxy groups -OCH3 is 1. The van der Waals surface area contributed by atoms with Crippen LogP contribution in [0.5, 0.6) is 5.75 Å². The maximum absolute atomic E-state index is 13.3. The van der Waals surface area contributed by atoms with Crippen LogP contribution < -0.4 is 4.74 Å². The minimum atomic E-state index is -0.493. The van der Waals surface area contributed by atoms with E-state index in [9.17, 15) is 9.18 Å². The summed E-state index contributed by atoms with van der Waals surface area (Å²) >= 11 is 3.12. The molecule has 0 N–H and O–H groups in total. The van der Waals surface area contributed by atoms with Crippen molar-refractivity contribution in [2.24, 2.45) is 0 Å². The van der Waals surface area contributed by atoms with E-state index in [1.54, 1.807) is 6.07 Å². The Balaban J connectivity index is 3.28. The highest BCUT2D eigenvalue weighted by atomic mass is 79.9. The molecule has 0 unspecified atom stereocenters. The van der Waals surface area contributed by atoms with Crippen LogP contribution in [0.1, 0.15) is 15.9 Å². The van der Waals surface area contributed by atoms with E-state index in [0.29, 0.717) is 22.9 Å². The lowest BCUT2D eigenvalue weighted by Gasteiger charge is -2.05. The molecule has 0 amide bonds. The van der Waals surface area contributed by atoms with Crippen molar-refractivity contribution < 1.29 is 13.9 Å². The molecule has 0 aliphatic rings. The first kappa shape index (κ1) is 10.2. The van der Waals surface area contributed by atoms with Crippen LogP contribution in [0.2, 0.25) is 0 Å². The Labute approximate surface area is 83.8 Å². The van der Waals surface area contributed by atoms with Gasteiger partial charge in [0.15, 0.2) is 6.29 Å². The van der Waals surface area contributed by atoms with Crippen molar-refractivity contribution in [2.45, 2.75) is 5.33 Å². The lowest BCUT2D eigenvalue weighted by Crippen LogP contribution is -1.96. The van der Waals surface area contributed by atoms with Gasteiger partial charge in [-0.25, -0.2) is 4.39 Å². The van der Waals surface area contributed by atoms with Crippen LogP contribution in [0.4, 0.5) is 4.39 Å². The van der Waals surface area contributed by atoms with E-state index in [-0.39, 0.29) is 5.56 Å². The zero-order valence-electron chi connectivity index (χ0n) is 7.01. The van der Waals surface area contributed by atoms with Gasteiger partial charge in [-0.2, -0.15) is 0 Å². The molecule has 0 bridgehead atoms. The molecule has 0 aromatic heterocycles. The van der Waals surface area contributed by atoms with Crippen LogP contribution in [0.25, 0.3) is 0 Å². The molecule has 13 heavy (non-hydrogen) atoms. The minimum Gasteiger partial charge on any atom is -0.497 e. The molecule has 0 fully saturated rings. The second kappa shape index (κ2) is 4.37. The molecule has 1 aromatic rings. The van der Waals surface area contributed by atoms with Crippen LogP contribution in [0, 0.1) is 5.82 Å². The average molecular weight is 247 g/mol. The van der Waals surface area contributed by atoms with Crippen LogP contribution >= 0.6 is 15.9 Å². The number of benzene rings is 1. The standard InChI is InChI=1S/C9H8BrFO2/c1-13-8-2-6(4-10)9(11)7(3-8)5-12/h2-3,5H,4H2,1H3. The maximum atomic E-state index is 13.3. The summed E-state index contributed by atoms with van der Waals surface area (Å²) in [7, 11) is 1.47. The predicted molar refractivity (Wildman–Crippen MR) is 51.0 cm³/mol. The predicted octanol–water partition coefficient (Wildman–Crippen LogP) is 2.54. The third-order valence-corrected chi connectivity index (χ3v) is 2.26. The largest absolute Gasteiger partial charge is 0.497 e. The quantitative estimate of drug-likeness (QED) is 0.606. The normalized spacial score (nSPS) is 9.77. The van der Waals surface area contributed by atoms with E-state index >= 15 is 0 Å². The fourth-order valence-electron chi connectivity index (χ4n) is 0.980. The van der Waals surface area contributed by atoms with Gasteiger partial charge in [-0.05, 0) is 12.1 Å². The Kier molecular flexibility index (Phi) is 3.42. The molecule has 0 saturated carbocycles. The average Bonchev–Trinajstić information content (AvgIpc) is 2.18. The number of rotatable bonds is 3. The summed E-state index contributed by atoms with van der Waals surface area (Å²) in [4.78, 5) is 10.5. The fourth-order valence-corrected chi connectivity index (χ4v) is 1.39. The van der Waals surface area contributed by atoms with Gasteiger partial charge in [0.25, 0.3) is 0 Å². The summed E-state index contributed by atoms with van der Waals surface area (Å²) < 4.78 is 18.2. The molecule has 0 radical (unpaired) electrons. The van der Waals surface area contributed by atoms with E-state index in [1.807, 2.05) is 0 Å². The van der Waals surface area contributed by atoms with E-state index in [4.69, 9.17) is 4.74 Å². The van der Waals surface area contributed by atoms with E-state index in [0.717, 1.165) is 0 Å². The van der Waals surface area contributed by atoms with Crippen LogP contribution in [-0.4, -0.2) is 13.4 Å². The van der Waals surface area contributed by atoms with Gasteiger partial charge in [-0.1, -0.05) is 15.9 Å². The Hall–Kier alpha value is -0.900. The smallest absolute Gasteiger partial charge is 0.153 e. The molecule has 0 spiro atoms. The van der Waals surface area contributed by atoms with Gasteiger partial charge in [-0.15, -0.1) is 0 Å². The summed E-state index contributed by atoms with van der Waals surface area (Å²) in [6.45, 7) is 0. The summed E-state index contributed by atoms with van der Waals surface area (Å²) in [5, 5.41) is 0.358. The molecule has 2 nitrogen and oxygen atoms in total. The first-order chi connectivity index (χ1) is 6.22. The van der Waals surface area contributed by atoms with E-state index in [2.05, 4.69) is 15.9 Å². The fraction of sp³-hybridized carbons (Fsp3) is 0.222. The lowest BCUT2D eigenvalue weighted by molar-refractivity contribution is 0.111. The highest BCUT2D eigenvalue weighted by Crippen LogP contribution is 2.21. The second-order valence-electron chi connectivity index (χ2n) is 2.44. The van der Waals surface area contributed by atoms with Gasteiger partial charge in [-0.3, -0.25) is 4.79 Å². The Morgan fingerprint density at radius 3 is 2.77 bits per heavy atom. The molecule has 1 rings (SSSR count). The lowest BCUT2D eigenvalue weighted by atomic mass is 10.1. The number of hydrogen-bond acceptors (Lipinski definition) is 2. The number of carbonyl (C=O) groups is 1. The third-order valence-electron chi connectivity index (χ3n) is 1.66. The highest BCUT2D eigenvalue weighted by Gasteiger charge is 2.09. The van der Waals surface area contributed by atoms with Gasteiger partial charge in [0.2, 0.25) is 0 Å². The van der Waals surface area contributed by atoms with E-state index in [1.165, 1.54) is 13.2 Å². The topological polar surface area (TPSA) is 26.3 Å². The van der Waals surface area contributed by atoms with Crippen LogP contribution in [0.3, 0.4) is 0 Å². The minimum absolute atomic E-state index is 0.0220. The second-order valence-corrected chi connectivity index (χ2v) is 3.00. The summed E-state index contributed by atoms with van der Waals surface area (Å²) in [6.07, 6.45) is 0.476. The van der Waals surface area contributed by atoms with Gasteiger partial charge in [0.1, 0.15) is 11.6 Å². The molecule has 0 heterocycles. The number of alkyl halides is 1. The molecule has 0 aliphatic heterocycles. The number of halogens is 2. The zero-order valence-corrected chi connectivity index (χ0v) is 8.60. The summed E-state index contributed by atoms with van der Waals surface area (Å²) in [6, 6.07) is 2.92. The SMILES string of the molecule is COc1cc(C=O)c(F)c(CBr)c1. The van der Waals surface area contributed by atoms with Gasteiger partial charge in [0.05, 0.1) is 12.7 Å². The highest BCUT2D eigenvalue weighted by molar-refractivity contribution is 9.08. The molecule has 4 heteroatoms. The maximum Gasteiger partial charge on any atom is 0.153 e. The molecule has 0 aliphatic carbocycles. The summed E-state index contributed by atoms with van der Waals surface area (Å²) in [5.41, 5.74) is 0.440. The van der Waals surface area contributed by atoms with Crippen molar-refractivity contribution in [1.82, 2.24) is 0 Å². The van der Waals surface area contributed by atoms with Gasteiger partial charge in [0, 0.05) is 10.9 Å². The van der Waals surface area contributed by atoms with Crippen molar-refractivity contribution in [2.75, 3.05) is 7.11 Å². The van der Waals surface area contributed by atoms with Crippen molar-refractivity contribution in [3.8, 4) is 5.75 Å². The number of hydrogen-bond donors (Lipinski definition) is 0. The first-order valence-electron chi connectivity index (χ1n) is 3.60. The molecule has 1 aromatic carbocycles. The Morgan fingerprint density at radius 1 is 1.62 bits per heavy atom. The number of ether oxygens (including phenoxy) is 1. The third kappa shape index (κ3) is 2.06. The van der Waals surface area contributed by atoms with Gasteiger partial charge < -0.3 is 4.74 Å². The van der Waals surface area contributed by atoms with Crippen molar-refractivity contribution >= 4 is 22.2 Å². The first-order valence-corrected chi connectivity index (χ1v) is 4.72. The number of carbonyl (C=O) groups excluding carboxylic acids is 1. The van der Waals surface area contributed by atoms with Crippen molar-refractivity contribution in [1.29, 1.82) is 0 Å². The molecular formula is C9H8BrFO2. The van der Waals surface area contributed by atoms with Gasteiger partial charge >= 0.3 is 0 Å². The van der Waals surface area contributed by atoms with Crippen LogP contribution in [-0.2, 0) is 5.33 Å². The molecular weight excluding hydrogens is 239 g/mol. The van der Waals surface area contributed by atoms with Crippen LogP contribution in [0.15, 0.2) is 12.1 Å². The Morgan fingerprint density at radius 2 is 2.31 bits per heavy atom. The van der Waals surface area contributed by atoms with E-state index < -0.39 is 5.82 Å². The van der Waals surface area contributed by atoms with Crippen molar-refractivity contribution in [3.63, 3.8) is 0 Å². The zero-order chi connectivity index (χ0) is 9.84. The molecule has 0 atom stereocenters. The summed E-state index contributed by atoms with van der Waals surface area (Å²) in [5.74, 6) is -0.00868. The monoisotopic (exact) mass is 246 g/mol.